The molecule has 1 atom stereocenters. The lowest BCUT2D eigenvalue weighted by Crippen LogP contribution is -2.12. The van der Waals surface area contributed by atoms with Gasteiger partial charge in [0.25, 0.3) is 0 Å². The number of esters is 1. The molecule has 1 aromatic rings. The fourth-order valence-corrected chi connectivity index (χ4v) is 1.17. The number of ether oxygens (including phenoxy) is 1. The second-order valence-electron chi connectivity index (χ2n) is 3.02. The molecule has 1 N–H and O–H groups in total. The van der Waals surface area contributed by atoms with Crippen molar-refractivity contribution in [1.82, 2.24) is 0 Å². The molecule has 0 saturated heterocycles. The van der Waals surface area contributed by atoms with Gasteiger partial charge in [-0.1, -0.05) is 36.9 Å². The van der Waals surface area contributed by atoms with Crippen molar-refractivity contribution in [3.05, 3.63) is 48.6 Å². The summed E-state index contributed by atoms with van der Waals surface area (Å²) in [5.41, 5.74) is 0.962. The molecule has 0 bridgehead atoms. The predicted molar refractivity (Wildman–Crippen MR) is 59.1 cm³/mol. The molecule has 0 aliphatic rings. The lowest BCUT2D eigenvalue weighted by molar-refractivity contribution is -0.137. The molecule has 0 aromatic heterocycles. The van der Waals surface area contributed by atoms with E-state index in [1.807, 2.05) is 30.3 Å². The van der Waals surface area contributed by atoms with E-state index in [1.54, 1.807) is 0 Å². The first-order valence-corrected chi connectivity index (χ1v) is 4.62. The van der Waals surface area contributed by atoms with Gasteiger partial charge in [0, 0.05) is 12.3 Å². The SMILES string of the molecule is C=CC(=O)OCC(C=N)c1ccccc1. The number of hydrogen-bond donors (Lipinski definition) is 1. The maximum atomic E-state index is 10.8. The summed E-state index contributed by atoms with van der Waals surface area (Å²) in [6.07, 6.45) is 2.39. The minimum atomic E-state index is -0.460. The molecule has 0 radical (unpaired) electrons. The summed E-state index contributed by atoms with van der Waals surface area (Å²) in [6, 6.07) is 9.48. The van der Waals surface area contributed by atoms with Gasteiger partial charge < -0.3 is 10.1 Å². The monoisotopic (exact) mass is 203 g/mol. The van der Waals surface area contributed by atoms with Crippen molar-refractivity contribution in [3.8, 4) is 0 Å². The molecule has 3 heteroatoms. The van der Waals surface area contributed by atoms with E-state index in [2.05, 4.69) is 6.58 Å². The molecule has 0 saturated carbocycles. The fourth-order valence-electron chi connectivity index (χ4n) is 1.17. The van der Waals surface area contributed by atoms with E-state index < -0.39 is 5.97 Å². The molecule has 15 heavy (non-hydrogen) atoms. The maximum Gasteiger partial charge on any atom is 0.330 e. The molecule has 0 spiro atoms. The third-order valence-electron chi connectivity index (χ3n) is 2.00. The minimum absolute atomic E-state index is 0.179. The topological polar surface area (TPSA) is 50.2 Å². The van der Waals surface area contributed by atoms with Crippen molar-refractivity contribution in [1.29, 1.82) is 5.41 Å². The summed E-state index contributed by atoms with van der Waals surface area (Å²) in [5, 5.41) is 7.26. The Balaban J connectivity index is 2.61. The highest BCUT2D eigenvalue weighted by atomic mass is 16.5. The van der Waals surface area contributed by atoms with Crippen LogP contribution in [0.15, 0.2) is 43.0 Å². The Labute approximate surface area is 88.9 Å². The summed E-state index contributed by atoms with van der Waals surface area (Å²) in [4.78, 5) is 10.8. The van der Waals surface area contributed by atoms with Crippen LogP contribution in [-0.4, -0.2) is 18.8 Å². The highest BCUT2D eigenvalue weighted by Crippen LogP contribution is 2.13. The van der Waals surface area contributed by atoms with Gasteiger partial charge in [0.15, 0.2) is 0 Å². The van der Waals surface area contributed by atoms with Crippen molar-refractivity contribution < 1.29 is 9.53 Å². The molecule has 1 rings (SSSR count). The predicted octanol–water partition coefficient (Wildman–Crippen LogP) is 2.15. The van der Waals surface area contributed by atoms with E-state index in [-0.39, 0.29) is 12.5 Å². The average Bonchev–Trinajstić information content (AvgIpc) is 2.31. The van der Waals surface area contributed by atoms with E-state index in [0.717, 1.165) is 11.6 Å². The molecule has 1 unspecified atom stereocenters. The number of benzene rings is 1. The second kappa shape index (κ2) is 5.75. The number of carbonyl (C=O) groups is 1. The van der Waals surface area contributed by atoms with Crippen molar-refractivity contribution in [3.63, 3.8) is 0 Å². The Morgan fingerprint density at radius 2 is 2.13 bits per heavy atom. The third-order valence-corrected chi connectivity index (χ3v) is 2.00. The molecule has 3 nitrogen and oxygen atoms in total. The van der Waals surface area contributed by atoms with Crippen molar-refractivity contribution in [2.75, 3.05) is 6.61 Å². The van der Waals surface area contributed by atoms with Crippen LogP contribution in [0.5, 0.6) is 0 Å². The molecule has 0 amide bonds. The van der Waals surface area contributed by atoms with Gasteiger partial charge in [0.1, 0.15) is 6.61 Å². The van der Waals surface area contributed by atoms with Crippen LogP contribution in [0, 0.1) is 5.41 Å². The van der Waals surface area contributed by atoms with Crippen LogP contribution < -0.4 is 0 Å². The first kappa shape index (κ1) is 11.2. The van der Waals surface area contributed by atoms with Crippen LogP contribution in [0.3, 0.4) is 0 Å². The average molecular weight is 203 g/mol. The molecular formula is C12H13NO2. The summed E-state index contributed by atoms with van der Waals surface area (Å²) in [5.74, 6) is -0.645. The lowest BCUT2D eigenvalue weighted by atomic mass is 10.0. The van der Waals surface area contributed by atoms with E-state index in [1.165, 1.54) is 6.21 Å². The summed E-state index contributed by atoms with van der Waals surface area (Å²) in [6.45, 7) is 3.48. The van der Waals surface area contributed by atoms with Gasteiger partial charge >= 0.3 is 5.97 Å². The van der Waals surface area contributed by atoms with Crippen molar-refractivity contribution in [2.45, 2.75) is 5.92 Å². The number of hydrogen-bond acceptors (Lipinski definition) is 3. The van der Waals surface area contributed by atoms with Gasteiger partial charge in [-0.05, 0) is 5.56 Å². The molecule has 0 aliphatic carbocycles. The quantitative estimate of drug-likeness (QED) is 0.453. The van der Waals surface area contributed by atoms with Gasteiger partial charge in [0.2, 0.25) is 0 Å². The van der Waals surface area contributed by atoms with Crippen molar-refractivity contribution in [2.24, 2.45) is 0 Å². The molecule has 1 aromatic carbocycles. The Morgan fingerprint density at radius 1 is 1.47 bits per heavy atom. The largest absolute Gasteiger partial charge is 0.461 e. The highest BCUT2D eigenvalue weighted by Gasteiger charge is 2.09. The van der Waals surface area contributed by atoms with E-state index in [0.29, 0.717) is 0 Å². The number of rotatable bonds is 5. The van der Waals surface area contributed by atoms with Gasteiger partial charge in [-0.25, -0.2) is 4.79 Å². The lowest BCUT2D eigenvalue weighted by Gasteiger charge is -2.11. The summed E-state index contributed by atoms with van der Waals surface area (Å²) >= 11 is 0. The minimum Gasteiger partial charge on any atom is -0.461 e. The van der Waals surface area contributed by atoms with Gasteiger partial charge in [0.05, 0.1) is 5.92 Å². The van der Waals surface area contributed by atoms with Crippen LogP contribution in [0.4, 0.5) is 0 Å². The van der Waals surface area contributed by atoms with Gasteiger partial charge in [-0.15, -0.1) is 0 Å². The van der Waals surface area contributed by atoms with Crippen LogP contribution in [0.1, 0.15) is 11.5 Å². The molecule has 78 valence electrons. The Kier molecular flexibility index (Phi) is 4.29. The second-order valence-corrected chi connectivity index (χ2v) is 3.02. The zero-order chi connectivity index (χ0) is 11.1. The van der Waals surface area contributed by atoms with Crippen LogP contribution in [-0.2, 0) is 9.53 Å². The highest BCUT2D eigenvalue weighted by molar-refractivity contribution is 5.81. The Bertz CT molecular complexity index is 346. The van der Waals surface area contributed by atoms with Crippen molar-refractivity contribution >= 4 is 12.2 Å². The van der Waals surface area contributed by atoms with E-state index in [9.17, 15) is 4.79 Å². The number of carbonyl (C=O) groups excluding carboxylic acids is 1. The van der Waals surface area contributed by atoms with Crippen LogP contribution in [0.25, 0.3) is 0 Å². The van der Waals surface area contributed by atoms with E-state index in [4.69, 9.17) is 10.1 Å². The third kappa shape index (κ3) is 3.38. The zero-order valence-corrected chi connectivity index (χ0v) is 8.35. The molecule has 0 heterocycles. The first-order valence-electron chi connectivity index (χ1n) is 4.62. The van der Waals surface area contributed by atoms with Gasteiger partial charge in [-0.3, -0.25) is 0 Å². The summed E-state index contributed by atoms with van der Waals surface area (Å²) in [7, 11) is 0. The molecule has 0 fully saturated rings. The Hall–Kier alpha value is -1.90. The zero-order valence-electron chi connectivity index (χ0n) is 8.35. The number of nitrogens with one attached hydrogen (secondary N) is 1. The van der Waals surface area contributed by atoms with E-state index >= 15 is 0 Å². The Morgan fingerprint density at radius 3 is 2.67 bits per heavy atom. The van der Waals surface area contributed by atoms with Gasteiger partial charge in [-0.2, -0.15) is 0 Å². The normalized spacial score (nSPS) is 11.5. The standard InChI is InChI=1S/C12H13NO2/c1-2-12(14)15-9-11(8-13)10-6-4-3-5-7-10/h2-8,11,13H,1,9H2. The summed E-state index contributed by atoms with van der Waals surface area (Å²) < 4.78 is 4.89. The first-order chi connectivity index (χ1) is 7.27. The van der Waals surface area contributed by atoms with Crippen LogP contribution in [0.2, 0.25) is 0 Å². The van der Waals surface area contributed by atoms with Crippen LogP contribution >= 0.6 is 0 Å². The molecular weight excluding hydrogens is 190 g/mol. The maximum absolute atomic E-state index is 10.8. The fraction of sp³-hybridized carbons (Fsp3) is 0.167. The molecule has 0 aliphatic heterocycles. The smallest absolute Gasteiger partial charge is 0.330 e.